The highest BCUT2D eigenvalue weighted by Gasteiger charge is 1.96. The van der Waals surface area contributed by atoms with E-state index in [1.165, 1.54) is 6.08 Å². The molecule has 0 aliphatic heterocycles. The maximum absolute atomic E-state index is 11.0. The van der Waals surface area contributed by atoms with Gasteiger partial charge in [0.25, 0.3) is 0 Å². The number of ether oxygens (including phenoxy) is 2. The van der Waals surface area contributed by atoms with Crippen LogP contribution in [0.25, 0.3) is 0 Å². The van der Waals surface area contributed by atoms with Gasteiger partial charge in [0.2, 0.25) is 0 Å². The summed E-state index contributed by atoms with van der Waals surface area (Å²) in [6, 6.07) is 0. The molecular formula is C11H18O3. The molecule has 0 aliphatic carbocycles. The van der Waals surface area contributed by atoms with E-state index in [-0.39, 0.29) is 12.1 Å². The fourth-order valence-electron chi connectivity index (χ4n) is 0.719. The SMILES string of the molecule is C/C=C/C=C/C(=O)OCCOC(C)C. The summed E-state index contributed by atoms with van der Waals surface area (Å²) in [6.45, 7) is 6.51. The second-order valence-electron chi connectivity index (χ2n) is 2.97. The van der Waals surface area contributed by atoms with E-state index < -0.39 is 0 Å². The third-order valence-electron chi connectivity index (χ3n) is 1.31. The van der Waals surface area contributed by atoms with Gasteiger partial charge in [0.15, 0.2) is 0 Å². The van der Waals surface area contributed by atoms with Crippen molar-refractivity contribution < 1.29 is 14.3 Å². The molecule has 0 bridgehead atoms. The summed E-state index contributed by atoms with van der Waals surface area (Å²) in [5.41, 5.74) is 0. The van der Waals surface area contributed by atoms with Crippen LogP contribution in [0.3, 0.4) is 0 Å². The summed E-state index contributed by atoms with van der Waals surface area (Å²) >= 11 is 0. The number of hydrogen-bond donors (Lipinski definition) is 0. The zero-order valence-corrected chi connectivity index (χ0v) is 9.03. The monoisotopic (exact) mass is 198 g/mol. The first kappa shape index (κ1) is 12.9. The summed E-state index contributed by atoms with van der Waals surface area (Å²) in [6.07, 6.45) is 6.81. The number of carbonyl (C=O) groups excluding carboxylic acids is 1. The van der Waals surface area contributed by atoms with Crippen LogP contribution in [0.2, 0.25) is 0 Å². The fourth-order valence-corrected chi connectivity index (χ4v) is 0.719. The van der Waals surface area contributed by atoms with E-state index in [9.17, 15) is 4.79 Å². The Morgan fingerprint density at radius 1 is 1.29 bits per heavy atom. The van der Waals surface area contributed by atoms with Crippen LogP contribution in [0.5, 0.6) is 0 Å². The zero-order chi connectivity index (χ0) is 10.8. The lowest BCUT2D eigenvalue weighted by molar-refractivity contribution is -0.139. The quantitative estimate of drug-likeness (QED) is 0.284. The van der Waals surface area contributed by atoms with Crippen LogP contribution in [0.15, 0.2) is 24.3 Å². The zero-order valence-electron chi connectivity index (χ0n) is 9.03. The third kappa shape index (κ3) is 9.00. The molecule has 0 aliphatic rings. The van der Waals surface area contributed by atoms with Gasteiger partial charge in [0.05, 0.1) is 12.7 Å². The largest absolute Gasteiger partial charge is 0.460 e. The molecule has 0 aromatic carbocycles. The summed E-state index contributed by atoms with van der Waals surface area (Å²) in [5, 5.41) is 0. The second kappa shape index (κ2) is 8.51. The molecule has 80 valence electrons. The Bertz CT molecular complexity index is 205. The van der Waals surface area contributed by atoms with E-state index in [2.05, 4.69) is 0 Å². The van der Waals surface area contributed by atoms with E-state index in [0.29, 0.717) is 13.2 Å². The van der Waals surface area contributed by atoms with Gasteiger partial charge in [-0.25, -0.2) is 4.79 Å². The lowest BCUT2D eigenvalue weighted by atomic mass is 10.4. The number of hydrogen-bond acceptors (Lipinski definition) is 3. The first-order valence-corrected chi connectivity index (χ1v) is 4.74. The summed E-state index contributed by atoms with van der Waals surface area (Å²) in [5.74, 6) is -0.338. The van der Waals surface area contributed by atoms with Crippen LogP contribution in [0, 0.1) is 0 Å². The molecule has 0 saturated carbocycles. The van der Waals surface area contributed by atoms with Crippen LogP contribution in [0.1, 0.15) is 20.8 Å². The molecule has 0 rings (SSSR count). The number of carbonyl (C=O) groups is 1. The van der Waals surface area contributed by atoms with Crippen molar-refractivity contribution in [1.29, 1.82) is 0 Å². The van der Waals surface area contributed by atoms with Crippen molar-refractivity contribution >= 4 is 5.97 Å². The van der Waals surface area contributed by atoms with Crippen LogP contribution in [-0.2, 0) is 14.3 Å². The first-order valence-electron chi connectivity index (χ1n) is 4.74. The van der Waals surface area contributed by atoms with Crippen molar-refractivity contribution in [2.45, 2.75) is 26.9 Å². The Hall–Kier alpha value is -1.09. The lowest BCUT2D eigenvalue weighted by Crippen LogP contribution is -2.11. The van der Waals surface area contributed by atoms with Crippen molar-refractivity contribution in [3.8, 4) is 0 Å². The molecule has 0 amide bonds. The Kier molecular flexibility index (Phi) is 7.84. The van der Waals surface area contributed by atoms with Crippen LogP contribution < -0.4 is 0 Å². The maximum atomic E-state index is 11.0. The van der Waals surface area contributed by atoms with Gasteiger partial charge in [0, 0.05) is 6.08 Å². The topological polar surface area (TPSA) is 35.5 Å². The van der Waals surface area contributed by atoms with E-state index in [1.54, 1.807) is 12.2 Å². The van der Waals surface area contributed by atoms with E-state index in [4.69, 9.17) is 9.47 Å². The van der Waals surface area contributed by atoms with Gasteiger partial charge >= 0.3 is 5.97 Å². The van der Waals surface area contributed by atoms with Crippen LogP contribution in [-0.4, -0.2) is 25.3 Å². The molecule has 0 aromatic rings. The Morgan fingerprint density at radius 2 is 2.00 bits per heavy atom. The second-order valence-corrected chi connectivity index (χ2v) is 2.97. The summed E-state index contributed by atoms with van der Waals surface area (Å²) in [7, 11) is 0. The average Bonchev–Trinajstić information content (AvgIpc) is 2.13. The molecule has 0 radical (unpaired) electrons. The predicted molar refractivity (Wildman–Crippen MR) is 56.0 cm³/mol. The van der Waals surface area contributed by atoms with Crippen LogP contribution in [0.4, 0.5) is 0 Å². The molecule has 0 heterocycles. The molecule has 14 heavy (non-hydrogen) atoms. The molecule has 0 saturated heterocycles. The van der Waals surface area contributed by atoms with Gasteiger partial charge in [-0.05, 0) is 20.8 Å². The van der Waals surface area contributed by atoms with E-state index >= 15 is 0 Å². The minimum atomic E-state index is -0.338. The highest BCUT2D eigenvalue weighted by molar-refractivity contribution is 5.82. The molecule has 0 unspecified atom stereocenters. The molecule has 0 spiro atoms. The molecule has 3 nitrogen and oxygen atoms in total. The minimum Gasteiger partial charge on any atom is -0.460 e. The highest BCUT2D eigenvalue weighted by Crippen LogP contribution is 1.88. The summed E-state index contributed by atoms with van der Waals surface area (Å²) in [4.78, 5) is 11.0. The van der Waals surface area contributed by atoms with Crippen molar-refractivity contribution in [3.63, 3.8) is 0 Å². The molecular weight excluding hydrogens is 180 g/mol. The number of esters is 1. The van der Waals surface area contributed by atoms with Crippen molar-refractivity contribution in [3.05, 3.63) is 24.3 Å². The smallest absolute Gasteiger partial charge is 0.330 e. The van der Waals surface area contributed by atoms with Crippen molar-refractivity contribution in [1.82, 2.24) is 0 Å². The molecule has 0 N–H and O–H groups in total. The normalized spacial score (nSPS) is 11.7. The van der Waals surface area contributed by atoms with Gasteiger partial charge in [-0.1, -0.05) is 18.2 Å². The van der Waals surface area contributed by atoms with Gasteiger partial charge in [-0.2, -0.15) is 0 Å². The molecule has 0 aromatic heterocycles. The fraction of sp³-hybridized carbons (Fsp3) is 0.545. The Balaban J connectivity index is 3.45. The maximum Gasteiger partial charge on any atom is 0.330 e. The van der Waals surface area contributed by atoms with Crippen molar-refractivity contribution in [2.24, 2.45) is 0 Å². The lowest BCUT2D eigenvalue weighted by Gasteiger charge is -2.06. The van der Waals surface area contributed by atoms with Gasteiger partial charge in [0.1, 0.15) is 6.61 Å². The number of allylic oxidation sites excluding steroid dienone is 3. The molecule has 0 fully saturated rings. The number of rotatable bonds is 6. The Labute approximate surface area is 85.4 Å². The Morgan fingerprint density at radius 3 is 2.57 bits per heavy atom. The van der Waals surface area contributed by atoms with Crippen LogP contribution >= 0.6 is 0 Å². The predicted octanol–water partition coefficient (Wildman–Crippen LogP) is 2.09. The van der Waals surface area contributed by atoms with Gasteiger partial charge in [-0.3, -0.25) is 0 Å². The average molecular weight is 198 g/mol. The molecule has 3 heteroatoms. The van der Waals surface area contributed by atoms with E-state index in [0.717, 1.165) is 0 Å². The van der Waals surface area contributed by atoms with E-state index in [1.807, 2.05) is 26.8 Å². The standard InChI is InChI=1S/C11H18O3/c1-4-5-6-7-11(12)14-9-8-13-10(2)3/h4-7,10H,8-9H2,1-3H3/b5-4+,7-6+. The molecule has 0 atom stereocenters. The van der Waals surface area contributed by atoms with Gasteiger partial charge < -0.3 is 9.47 Å². The van der Waals surface area contributed by atoms with Gasteiger partial charge in [-0.15, -0.1) is 0 Å². The third-order valence-corrected chi connectivity index (χ3v) is 1.31. The van der Waals surface area contributed by atoms with Crippen molar-refractivity contribution in [2.75, 3.05) is 13.2 Å². The summed E-state index contributed by atoms with van der Waals surface area (Å²) < 4.78 is 10.1. The highest BCUT2D eigenvalue weighted by atomic mass is 16.6. The first-order chi connectivity index (χ1) is 6.66. The minimum absolute atomic E-state index is 0.173.